The van der Waals surface area contributed by atoms with E-state index in [-0.39, 0.29) is 11.6 Å². The molecule has 3 heterocycles. The smallest absolute Gasteiger partial charge is 0.273 e. The van der Waals surface area contributed by atoms with Crippen molar-refractivity contribution in [1.82, 2.24) is 35.1 Å². The van der Waals surface area contributed by atoms with Crippen LogP contribution >= 0.6 is 11.6 Å². The van der Waals surface area contributed by atoms with Crippen molar-refractivity contribution in [2.24, 2.45) is 0 Å². The number of carbonyl (C=O) groups excluding carboxylic acids is 1. The molecular formula is C16H16ClN7O. The van der Waals surface area contributed by atoms with Gasteiger partial charge in [-0.05, 0) is 24.1 Å². The van der Waals surface area contributed by atoms with Gasteiger partial charge in [0.05, 0.1) is 19.3 Å². The Labute approximate surface area is 148 Å². The van der Waals surface area contributed by atoms with Crippen molar-refractivity contribution in [2.75, 3.05) is 0 Å². The Hall–Kier alpha value is -2.74. The summed E-state index contributed by atoms with van der Waals surface area (Å²) in [6.45, 7) is 1.76. The molecule has 2 aromatic heterocycles. The second-order valence-corrected chi connectivity index (χ2v) is 6.33. The maximum atomic E-state index is 12.2. The minimum atomic E-state index is -0.280. The lowest BCUT2D eigenvalue weighted by atomic mass is 10.2. The highest BCUT2D eigenvalue weighted by Gasteiger charge is 2.18. The number of benzene rings is 1. The normalized spacial score (nSPS) is 13.0. The van der Waals surface area contributed by atoms with Crippen LogP contribution in [0.3, 0.4) is 0 Å². The minimum Gasteiger partial charge on any atom is -0.343 e. The fraction of sp³-hybridized carbons (Fsp3) is 0.312. The summed E-state index contributed by atoms with van der Waals surface area (Å²) in [4.78, 5) is 12.2. The fourth-order valence-corrected chi connectivity index (χ4v) is 2.97. The number of amides is 1. The highest BCUT2D eigenvalue weighted by molar-refractivity contribution is 6.30. The lowest BCUT2D eigenvalue weighted by Gasteiger charge is -2.04. The average molecular weight is 358 g/mol. The van der Waals surface area contributed by atoms with E-state index in [0.717, 1.165) is 36.6 Å². The third-order valence-corrected chi connectivity index (χ3v) is 4.37. The van der Waals surface area contributed by atoms with E-state index >= 15 is 0 Å². The van der Waals surface area contributed by atoms with Gasteiger partial charge >= 0.3 is 0 Å². The monoisotopic (exact) mass is 357 g/mol. The van der Waals surface area contributed by atoms with E-state index in [4.69, 9.17) is 11.6 Å². The second kappa shape index (κ2) is 6.64. The number of nitrogens with one attached hydrogen (secondary N) is 1. The van der Waals surface area contributed by atoms with Gasteiger partial charge in [-0.1, -0.05) is 28.9 Å². The molecule has 8 nitrogen and oxygen atoms in total. The van der Waals surface area contributed by atoms with Crippen LogP contribution in [0.4, 0.5) is 0 Å². The Kier molecular flexibility index (Phi) is 4.19. The highest BCUT2D eigenvalue weighted by atomic mass is 35.5. The molecule has 1 aliphatic rings. The standard InChI is InChI=1S/C16H16ClN7O/c17-12-5-3-11(4-6-12)9-23-10-13(19-22-23)16(25)18-8-15-21-20-14-2-1-7-24(14)15/h3-6,10H,1-2,7-9H2,(H,18,25). The molecule has 1 aromatic carbocycles. The molecule has 1 N–H and O–H groups in total. The molecule has 0 aliphatic carbocycles. The van der Waals surface area contributed by atoms with Crippen molar-refractivity contribution < 1.29 is 4.79 Å². The SMILES string of the molecule is O=C(NCc1nnc2n1CCC2)c1cn(Cc2ccc(Cl)cc2)nn1. The number of fused-ring (bicyclic) bond motifs is 1. The number of aryl methyl sites for hydroxylation is 1. The number of hydrogen-bond donors (Lipinski definition) is 1. The maximum absolute atomic E-state index is 12.2. The van der Waals surface area contributed by atoms with Crippen LogP contribution in [0.15, 0.2) is 30.5 Å². The molecule has 128 valence electrons. The lowest BCUT2D eigenvalue weighted by Crippen LogP contribution is -2.25. The first-order valence-electron chi connectivity index (χ1n) is 8.03. The van der Waals surface area contributed by atoms with Gasteiger partial charge in [0.25, 0.3) is 5.91 Å². The van der Waals surface area contributed by atoms with Gasteiger partial charge in [0.1, 0.15) is 5.82 Å². The molecule has 0 radical (unpaired) electrons. The van der Waals surface area contributed by atoms with Crippen LogP contribution in [0.5, 0.6) is 0 Å². The molecule has 9 heteroatoms. The number of nitrogens with zero attached hydrogens (tertiary/aromatic N) is 6. The van der Waals surface area contributed by atoms with E-state index in [1.165, 1.54) is 0 Å². The Morgan fingerprint density at radius 3 is 2.88 bits per heavy atom. The van der Waals surface area contributed by atoms with Crippen molar-refractivity contribution >= 4 is 17.5 Å². The van der Waals surface area contributed by atoms with Crippen LogP contribution in [0, 0.1) is 0 Å². The van der Waals surface area contributed by atoms with Crippen LogP contribution in [-0.2, 0) is 26.1 Å². The van der Waals surface area contributed by atoms with Crippen molar-refractivity contribution in [3.63, 3.8) is 0 Å². The molecule has 0 atom stereocenters. The van der Waals surface area contributed by atoms with Crippen molar-refractivity contribution in [3.05, 3.63) is 58.4 Å². The Morgan fingerprint density at radius 1 is 1.20 bits per heavy atom. The molecule has 1 aliphatic heterocycles. The van der Waals surface area contributed by atoms with Crippen molar-refractivity contribution in [2.45, 2.75) is 32.5 Å². The van der Waals surface area contributed by atoms with E-state index in [1.807, 2.05) is 24.3 Å². The molecule has 4 rings (SSSR count). The first-order valence-corrected chi connectivity index (χ1v) is 8.40. The summed E-state index contributed by atoms with van der Waals surface area (Å²) in [7, 11) is 0. The van der Waals surface area contributed by atoms with Crippen molar-refractivity contribution in [1.29, 1.82) is 0 Å². The van der Waals surface area contributed by atoms with Crippen molar-refractivity contribution in [3.8, 4) is 0 Å². The van der Waals surface area contributed by atoms with Gasteiger partial charge in [0.15, 0.2) is 11.5 Å². The summed E-state index contributed by atoms with van der Waals surface area (Å²) >= 11 is 5.87. The van der Waals surface area contributed by atoms with E-state index in [9.17, 15) is 4.79 Å². The van der Waals surface area contributed by atoms with Gasteiger partial charge in [-0.15, -0.1) is 15.3 Å². The largest absolute Gasteiger partial charge is 0.343 e. The predicted octanol–water partition coefficient (Wildman–Crippen LogP) is 1.45. The zero-order valence-corrected chi connectivity index (χ0v) is 14.1. The summed E-state index contributed by atoms with van der Waals surface area (Å²) in [5.41, 5.74) is 1.30. The van der Waals surface area contributed by atoms with Gasteiger partial charge in [-0.2, -0.15) is 0 Å². The van der Waals surface area contributed by atoms with Gasteiger partial charge < -0.3 is 9.88 Å². The Bertz CT molecular complexity index is 900. The molecule has 25 heavy (non-hydrogen) atoms. The van der Waals surface area contributed by atoms with Gasteiger partial charge in [-0.3, -0.25) is 4.79 Å². The van der Waals surface area contributed by atoms with Crippen LogP contribution in [-0.4, -0.2) is 35.7 Å². The molecule has 1 amide bonds. The summed E-state index contributed by atoms with van der Waals surface area (Å²) in [5.74, 6) is 1.48. The van der Waals surface area contributed by atoms with Crippen LogP contribution in [0.1, 0.15) is 34.1 Å². The van der Waals surface area contributed by atoms with Crippen LogP contribution < -0.4 is 5.32 Å². The van der Waals surface area contributed by atoms with Crippen LogP contribution in [0.2, 0.25) is 5.02 Å². The molecule has 0 saturated carbocycles. The first kappa shape index (κ1) is 15.8. The molecule has 0 unspecified atom stereocenters. The zero-order chi connectivity index (χ0) is 17.2. The van der Waals surface area contributed by atoms with E-state index in [2.05, 4.69) is 30.4 Å². The number of rotatable bonds is 5. The van der Waals surface area contributed by atoms with E-state index in [1.54, 1.807) is 10.9 Å². The van der Waals surface area contributed by atoms with E-state index in [0.29, 0.717) is 18.1 Å². The molecular weight excluding hydrogens is 342 g/mol. The zero-order valence-electron chi connectivity index (χ0n) is 13.4. The molecule has 0 spiro atoms. The van der Waals surface area contributed by atoms with Gasteiger partial charge in [0.2, 0.25) is 0 Å². The summed E-state index contributed by atoms with van der Waals surface area (Å²) in [6.07, 6.45) is 3.64. The predicted molar refractivity (Wildman–Crippen MR) is 90.1 cm³/mol. The molecule has 0 fully saturated rings. The topological polar surface area (TPSA) is 90.5 Å². The third kappa shape index (κ3) is 3.39. The summed E-state index contributed by atoms with van der Waals surface area (Å²) in [6, 6.07) is 7.46. The number of hydrogen-bond acceptors (Lipinski definition) is 5. The molecule has 0 bridgehead atoms. The second-order valence-electron chi connectivity index (χ2n) is 5.90. The minimum absolute atomic E-state index is 0.273. The number of carbonyl (C=O) groups is 1. The third-order valence-electron chi connectivity index (χ3n) is 4.12. The van der Waals surface area contributed by atoms with Gasteiger partial charge in [-0.25, -0.2) is 4.68 Å². The first-order chi connectivity index (χ1) is 12.2. The lowest BCUT2D eigenvalue weighted by molar-refractivity contribution is 0.0944. The average Bonchev–Trinajstić information content (AvgIpc) is 3.32. The van der Waals surface area contributed by atoms with E-state index < -0.39 is 0 Å². The Balaban J connectivity index is 1.37. The highest BCUT2D eigenvalue weighted by Crippen LogP contribution is 2.14. The fourth-order valence-electron chi connectivity index (χ4n) is 2.85. The number of aromatic nitrogens is 6. The Morgan fingerprint density at radius 2 is 2.04 bits per heavy atom. The maximum Gasteiger partial charge on any atom is 0.273 e. The van der Waals surface area contributed by atoms with Crippen LogP contribution in [0.25, 0.3) is 0 Å². The quantitative estimate of drug-likeness (QED) is 0.746. The molecule has 3 aromatic rings. The van der Waals surface area contributed by atoms with Gasteiger partial charge in [0, 0.05) is 18.0 Å². The molecule has 0 saturated heterocycles. The summed E-state index contributed by atoms with van der Waals surface area (Å²) in [5, 5.41) is 19.7. The summed E-state index contributed by atoms with van der Waals surface area (Å²) < 4.78 is 3.67. The number of halogens is 1.